The largest absolute Gasteiger partial charge is 0.354 e. The van der Waals surface area contributed by atoms with Gasteiger partial charge in [0, 0.05) is 25.5 Å². The minimum Gasteiger partial charge on any atom is -0.354 e. The summed E-state index contributed by atoms with van der Waals surface area (Å²) in [4.78, 5) is 12.8. The lowest BCUT2D eigenvalue weighted by atomic mass is 10.1. The molecular formula is C19H25N3O3. The highest BCUT2D eigenvalue weighted by atomic mass is 16.7. The number of fused-ring (bicyclic) bond motifs is 1. The molecule has 0 radical (unpaired) electrons. The molecule has 25 heavy (non-hydrogen) atoms. The second kappa shape index (κ2) is 7.37. The minimum atomic E-state index is -0.490. The number of nitrogens with one attached hydrogen (secondary N) is 1. The number of benzene rings is 1. The normalized spacial score (nSPS) is 14.6. The lowest BCUT2D eigenvalue weighted by Gasteiger charge is -2.21. The third kappa shape index (κ3) is 3.32. The summed E-state index contributed by atoms with van der Waals surface area (Å²) in [7, 11) is 3.11. The highest BCUT2D eigenvalue weighted by molar-refractivity contribution is 5.94. The molecule has 1 aromatic carbocycles. The zero-order valence-corrected chi connectivity index (χ0v) is 15.2. The van der Waals surface area contributed by atoms with E-state index in [-0.39, 0.29) is 11.9 Å². The zero-order chi connectivity index (χ0) is 18.0. The van der Waals surface area contributed by atoms with Crippen molar-refractivity contribution in [1.82, 2.24) is 15.1 Å². The Morgan fingerprint density at radius 1 is 1.24 bits per heavy atom. The summed E-state index contributed by atoms with van der Waals surface area (Å²) >= 11 is 0. The molecule has 1 atom stereocenters. The Hall–Kier alpha value is -2.18. The number of aryl methyl sites for hydroxylation is 1. The number of rotatable bonds is 6. The van der Waals surface area contributed by atoms with Gasteiger partial charge in [0.05, 0.1) is 11.7 Å². The molecule has 1 aliphatic rings. The number of para-hydroxylation sites is 1. The maximum atomic E-state index is 12.8. The van der Waals surface area contributed by atoms with Crippen LogP contribution in [0.5, 0.6) is 0 Å². The maximum Gasteiger partial charge on any atom is 0.272 e. The number of aromatic nitrogens is 2. The van der Waals surface area contributed by atoms with Gasteiger partial charge in [-0.2, -0.15) is 5.10 Å². The van der Waals surface area contributed by atoms with Gasteiger partial charge < -0.3 is 14.8 Å². The molecule has 0 aliphatic heterocycles. The van der Waals surface area contributed by atoms with Gasteiger partial charge in [-0.25, -0.2) is 4.68 Å². The molecule has 6 heteroatoms. The average molecular weight is 343 g/mol. The van der Waals surface area contributed by atoms with Crippen LogP contribution in [0, 0.1) is 6.92 Å². The van der Waals surface area contributed by atoms with Crippen LogP contribution in [-0.4, -0.2) is 42.2 Å². The van der Waals surface area contributed by atoms with Gasteiger partial charge in [-0.1, -0.05) is 18.2 Å². The standard InChI is InChI=1S/C19H25N3O3/c1-12-8-5-6-10-15(12)22-16-11-7-9-14(16)17(21-22)18(23)20-13(2)19(24-3)25-4/h5-6,8,10,13,19H,7,9,11H2,1-4H3,(H,20,23)/t13-/m0/s1. The monoisotopic (exact) mass is 343 g/mol. The Balaban J connectivity index is 1.92. The van der Waals surface area contributed by atoms with E-state index in [2.05, 4.69) is 23.4 Å². The molecule has 0 saturated heterocycles. The first-order valence-electron chi connectivity index (χ1n) is 8.60. The van der Waals surface area contributed by atoms with Crippen LogP contribution < -0.4 is 5.32 Å². The van der Waals surface area contributed by atoms with E-state index in [4.69, 9.17) is 9.47 Å². The van der Waals surface area contributed by atoms with Crippen LogP contribution in [-0.2, 0) is 22.3 Å². The molecular weight excluding hydrogens is 318 g/mol. The lowest BCUT2D eigenvalue weighted by molar-refractivity contribution is -0.117. The summed E-state index contributed by atoms with van der Waals surface area (Å²) in [6, 6.07) is 7.82. The Morgan fingerprint density at radius 3 is 2.64 bits per heavy atom. The number of ether oxygens (including phenoxy) is 2. The van der Waals surface area contributed by atoms with Crippen molar-refractivity contribution in [2.45, 2.75) is 45.4 Å². The summed E-state index contributed by atoms with van der Waals surface area (Å²) in [5.74, 6) is -0.183. The number of carbonyl (C=O) groups is 1. The van der Waals surface area contributed by atoms with E-state index >= 15 is 0 Å². The van der Waals surface area contributed by atoms with Crippen LogP contribution in [0.2, 0.25) is 0 Å². The van der Waals surface area contributed by atoms with Crippen molar-refractivity contribution in [3.63, 3.8) is 0 Å². The predicted octanol–water partition coefficient (Wildman–Crippen LogP) is 2.41. The van der Waals surface area contributed by atoms with Crippen molar-refractivity contribution in [3.05, 3.63) is 46.8 Å². The summed E-state index contributed by atoms with van der Waals surface area (Å²) in [6.07, 6.45) is 2.39. The van der Waals surface area contributed by atoms with Gasteiger partial charge in [0.15, 0.2) is 12.0 Å². The van der Waals surface area contributed by atoms with Gasteiger partial charge >= 0.3 is 0 Å². The first-order chi connectivity index (χ1) is 12.1. The minimum absolute atomic E-state index is 0.183. The SMILES string of the molecule is COC(OC)[C@H](C)NC(=O)c1nn(-c2ccccc2C)c2c1CCC2. The van der Waals surface area contributed by atoms with Crippen LogP contribution in [0.15, 0.2) is 24.3 Å². The maximum absolute atomic E-state index is 12.8. The van der Waals surface area contributed by atoms with Crippen LogP contribution in [0.3, 0.4) is 0 Å². The van der Waals surface area contributed by atoms with Crippen molar-refractivity contribution in [3.8, 4) is 5.69 Å². The second-order valence-corrected chi connectivity index (χ2v) is 6.43. The van der Waals surface area contributed by atoms with Crippen LogP contribution in [0.4, 0.5) is 0 Å². The van der Waals surface area contributed by atoms with Gasteiger partial charge in [-0.3, -0.25) is 4.79 Å². The molecule has 0 saturated carbocycles. The molecule has 3 rings (SSSR count). The Kier molecular flexibility index (Phi) is 5.20. The molecule has 0 bridgehead atoms. The fraction of sp³-hybridized carbons (Fsp3) is 0.474. The van der Waals surface area contributed by atoms with Gasteiger partial charge in [-0.05, 0) is 44.7 Å². The van der Waals surface area contributed by atoms with Crippen molar-refractivity contribution in [1.29, 1.82) is 0 Å². The average Bonchev–Trinajstić information content (AvgIpc) is 3.19. The Labute approximate surface area is 148 Å². The van der Waals surface area contributed by atoms with Crippen molar-refractivity contribution < 1.29 is 14.3 Å². The third-order valence-electron chi connectivity index (χ3n) is 4.72. The molecule has 1 N–H and O–H groups in total. The fourth-order valence-corrected chi connectivity index (χ4v) is 3.47. The summed E-state index contributed by atoms with van der Waals surface area (Å²) in [6.45, 7) is 3.91. The summed E-state index contributed by atoms with van der Waals surface area (Å²) in [5, 5.41) is 7.59. The van der Waals surface area contributed by atoms with Crippen LogP contribution >= 0.6 is 0 Å². The Bertz CT molecular complexity index is 765. The molecule has 0 unspecified atom stereocenters. The first-order valence-corrected chi connectivity index (χ1v) is 8.60. The Morgan fingerprint density at radius 2 is 1.96 bits per heavy atom. The number of nitrogens with zero attached hydrogens (tertiary/aromatic N) is 2. The van der Waals surface area contributed by atoms with Gasteiger partial charge in [0.1, 0.15) is 0 Å². The molecule has 6 nitrogen and oxygen atoms in total. The number of amides is 1. The summed E-state index contributed by atoms with van der Waals surface area (Å²) < 4.78 is 12.4. The van der Waals surface area contributed by atoms with Crippen LogP contribution in [0.1, 0.15) is 40.7 Å². The van der Waals surface area contributed by atoms with Crippen molar-refractivity contribution in [2.24, 2.45) is 0 Å². The van der Waals surface area contributed by atoms with Gasteiger partial charge in [0.2, 0.25) is 0 Å². The van der Waals surface area contributed by atoms with Crippen molar-refractivity contribution in [2.75, 3.05) is 14.2 Å². The molecule has 1 aliphatic carbocycles. The summed E-state index contributed by atoms with van der Waals surface area (Å²) in [5.41, 5.74) is 4.87. The van der Waals surface area contributed by atoms with Gasteiger partial charge in [0.25, 0.3) is 5.91 Å². The molecule has 1 aromatic heterocycles. The first kappa shape index (κ1) is 17.6. The highest BCUT2D eigenvalue weighted by Gasteiger charge is 2.29. The predicted molar refractivity (Wildman–Crippen MR) is 95.1 cm³/mol. The van der Waals surface area contributed by atoms with E-state index in [0.29, 0.717) is 5.69 Å². The lowest BCUT2D eigenvalue weighted by Crippen LogP contribution is -2.43. The molecule has 0 spiro atoms. The number of carbonyl (C=O) groups excluding carboxylic acids is 1. The van der Waals surface area contributed by atoms with E-state index < -0.39 is 6.29 Å². The number of methoxy groups -OCH3 is 2. The second-order valence-electron chi connectivity index (χ2n) is 6.43. The number of hydrogen-bond acceptors (Lipinski definition) is 4. The van der Waals surface area contributed by atoms with Crippen LogP contribution in [0.25, 0.3) is 5.69 Å². The quantitative estimate of drug-likeness (QED) is 0.818. The molecule has 1 heterocycles. The van der Waals surface area contributed by atoms with E-state index in [1.165, 1.54) is 0 Å². The zero-order valence-electron chi connectivity index (χ0n) is 15.2. The van der Waals surface area contributed by atoms with E-state index in [0.717, 1.165) is 41.8 Å². The number of hydrogen-bond donors (Lipinski definition) is 1. The molecule has 0 fully saturated rings. The smallest absolute Gasteiger partial charge is 0.272 e. The van der Waals surface area contributed by atoms with Crippen molar-refractivity contribution >= 4 is 5.91 Å². The van der Waals surface area contributed by atoms with Gasteiger partial charge in [-0.15, -0.1) is 0 Å². The van der Waals surface area contributed by atoms with E-state index in [1.54, 1.807) is 14.2 Å². The van der Waals surface area contributed by atoms with E-state index in [1.807, 2.05) is 29.8 Å². The topological polar surface area (TPSA) is 65.4 Å². The molecule has 134 valence electrons. The molecule has 2 aromatic rings. The highest BCUT2D eigenvalue weighted by Crippen LogP contribution is 2.28. The van der Waals surface area contributed by atoms with E-state index in [9.17, 15) is 4.79 Å². The third-order valence-corrected chi connectivity index (χ3v) is 4.72. The fourth-order valence-electron chi connectivity index (χ4n) is 3.47. The molecule has 1 amide bonds.